The Morgan fingerprint density at radius 1 is 1.10 bits per heavy atom. The second-order valence-corrected chi connectivity index (χ2v) is 8.45. The van der Waals surface area contributed by atoms with Gasteiger partial charge in [0.15, 0.2) is 0 Å². The molecule has 3 aromatic rings. The highest BCUT2D eigenvalue weighted by molar-refractivity contribution is 9.10. The van der Waals surface area contributed by atoms with Crippen LogP contribution in [0.15, 0.2) is 53.3 Å². The van der Waals surface area contributed by atoms with Crippen molar-refractivity contribution in [2.45, 2.75) is 19.0 Å². The van der Waals surface area contributed by atoms with Crippen molar-refractivity contribution in [2.75, 3.05) is 31.1 Å². The number of rotatable bonds is 7. The first kappa shape index (κ1) is 21.3. The molecule has 0 saturated carbocycles. The van der Waals surface area contributed by atoms with Gasteiger partial charge in [-0.3, -0.25) is 14.5 Å². The molecule has 2 N–H and O–H groups in total. The Kier molecular flexibility index (Phi) is 6.24. The molecule has 1 aliphatic heterocycles. The first-order valence-corrected chi connectivity index (χ1v) is 10.9. The Bertz CT molecular complexity index is 1090. The van der Waals surface area contributed by atoms with Gasteiger partial charge in [0.25, 0.3) is 0 Å². The number of aryl methyl sites for hydroxylation is 1. The highest BCUT2D eigenvalue weighted by atomic mass is 79.9. The van der Waals surface area contributed by atoms with Crippen LogP contribution in [0.25, 0.3) is 10.9 Å². The second-order valence-electron chi connectivity index (χ2n) is 7.53. The summed E-state index contributed by atoms with van der Waals surface area (Å²) in [6.45, 7) is 2.82. The van der Waals surface area contributed by atoms with E-state index in [-0.39, 0.29) is 13.0 Å². The molecular formula is C22H23BrN4O4. The minimum Gasteiger partial charge on any atom is -0.481 e. The van der Waals surface area contributed by atoms with Crippen molar-refractivity contribution < 1.29 is 19.8 Å². The first-order valence-electron chi connectivity index (χ1n) is 10.1. The summed E-state index contributed by atoms with van der Waals surface area (Å²) in [4.78, 5) is 32.0. The van der Waals surface area contributed by atoms with E-state index in [1.165, 1.54) is 0 Å². The zero-order valence-corrected chi connectivity index (χ0v) is 18.4. The fourth-order valence-electron chi connectivity index (χ4n) is 4.15. The molecule has 0 bridgehead atoms. The molecule has 1 atom stereocenters. The number of anilines is 1. The number of hydrogen-bond acceptors (Lipinski definition) is 5. The van der Waals surface area contributed by atoms with E-state index in [2.05, 4.69) is 25.8 Å². The molecule has 0 unspecified atom stereocenters. The molecule has 0 radical (unpaired) electrons. The van der Waals surface area contributed by atoms with Gasteiger partial charge >= 0.3 is 11.9 Å². The van der Waals surface area contributed by atoms with Crippen LogP contribution in [0.1, 0.15) is 18.0 Å². The number of halogens is 1. The molecule has 1 saturated heterocycles. The number of hydrogen-bond donors (Lipinski definition) is 2. The number of fused-ring (bicyclic) bond motifs is 1. The topological polar surface area (TPSA) is 98.9 Å². The molecule has 9 heteroatoms. The predicted molar refractivity (Wildman–Crippen MR) is 120 cm³/mol. The predicted octanol–water partition coefficient (Wildman–Crippen LogP) is 3.22. The van der Waals surface area contributed by atoms with Crippen molar-refractivity contribution in [3.05, 3.63) is 58.8 Å². The third kappa shape index (κ3) is 4.57. The maximum Gasteiger partial charge on any atom is 0.325 e. The number of aliphatic carboxylic acids is 2. The van der Waals surface area contributed by atoms with Crippen molar-refractivity contribution in [2.24, 2.45) is 0 Å². The summed E-state index contributed by atoms with van der Waals surface area (Å²) in [6, 6.07) is 10.6. The lowest BCUT2D eigenvalue weighted by Gasteiger charge is -2.38. The van der Waals surface area contributed by atoms with Crippen LogP contribution < -0.4 is 4.90 Å². The van der Waals surface area contributed by atoms with E-state index in [9.17, 15) is 14.7 Å². The van der Waals surface area contributed by atoms with Gasteiger partial charge in [-0.2, -0.15) is 0 Å². The average molecular weight is 487 g/mol. The number of piperazine rings is 1. The average Bonchev–Trinajstić information content (AvgIpc) is 3.10. The summed E-state index contributed by atoms with van der Waals surface area (Å²) in [5, 5.41) is 20.0. The van der Waals surface area contributed by atoms with Gasteiger partial charge in [0.05, 0.1) is 6.42 Å². The molecule has 1 fully saturated rings. The monoisotopic (exact) mass is 486 g/mol. The van der Waals surface area contributed by atoms with E-state index in [0.29, 0.717) is 31.7 Å². The Morgan fingerprint density at radius 3 is 2.52 bits per heavy atom. The van der Waals surface area contributed by atoms with E-state index in [1.54, 1.807) is 12.4 Å². The van der Waals surface area contributed by atoms with Crippen LogP contribution in [-0.4, -0.2) is 62.8 Å². The number of nitrogens with zero attached hydrogens (tertiary/aromatic N) is 4. The summed E-state index contributed by atoms with van der Waals surface area (Å²) in [5.74, 6) is -0.910. The highest BCUT2D eigenvalue weighted by Gasteiger charge is 2.33. The first-order chi connectivity index (χ1) is 14.9. The Balaban J connectivity index is 1.63. The van der Waals surface area contributed by atoms with Crippen LogP contribution >= 0.6 is 15.9 Å². The highest BCUT2D eigenvalue weighted by Crippen LogP contribution is 2.33. The Hall–Kier alpha value is -2.91. The molecule has 31 heavy (non-hydrogen) atoms. The third-order valence-electron chi connectivity index (χ3n) is 5.62. The van der Waals surface area contributed by atoms with Gasteiger partial charge in [0, 0.05) is 66.1 Å². The second kappa shape index (κ2) is 9.07. The molecule has 0 amide bonds. The molecule has 0 aliphatic carbocycles. The van der Waals surface area contributed by atoms with Crippen LogP contribution in [0.2, 0.25) is 0 Å². The standard InChI is InChI=1S/C22H23BrN4O4/c23-15-4-5-18-16(13-15)17(14-27(18)8-6-20(28)29)21(22(30)31)26-11-9-25(10-12-26)19-3-1-2-7-24-19/h1-5,7,13-14,21H,6,8-12H2,(H,28,29)(H,30,31)/t21-/m0/s1. The number of pyridine rings is 1. The molecule has 1 aromatic carbocycles. The van der Waals surface area contributed by atoms with Crippen LogP contribution in [0.4, 0.5) is 5.82 Å². The van der Waals surface area contributed by atoms with E-state index in [0.717, 1.165) is 21.2 Å². The summed E-state index contributed by atoms with van der Waals surface area (Å²) < 4.78 is 2.69. The molecule has 0 spiro atoms. The normalized spacial score (nSPS) is 15.8. The van der Waals surface area contributed by atoms with Gasteiger partial charge < -0.3 is 19.7 Å². The van der Waals surface area contributed by atoms with Crippen molar-refractivity contribution >= 4 is 44.6 Å². The number of carboxylic acid groups (broad SMARTS) is 2. The van der Waals surface area contributed by atoms with Gasteiger partial charge in [-0.25, -0.2) is 4.98 Å². The summed E-state index contributed by atoms with van der Waals surface area (Å²) >= 11 is 3.48. The fraction of sp³-hybridized carbons (Fsp3) is 0.318. The molecule has 4 rings (SSSR count). The van der Waals surface area contributed by atoms with Gasteiger partial charge in [-0.05, 0) is 30.3 Å². The number of carboxylic acids is 2. The Morgan fingerprint density at radius 2 is 1.87 bits per heavy atom. The van der Waals surface area contributed by atoms with E-state index in [1.807, 2.05) is 45.9 Å². The lowest BCUT2D eigenvalue weighted by molar-refractivity contribution is -0.143. The molecule has 1 aliphatic rings. The van der Waals surface area contributed by atoms with Crippen LogP contribution in [0.5, 0.6) is 0 Å². The summed E-state index contributed by atoms with van der Waals surface area (Å²) in [7, 11) is 0. The zero-order valence-electron chi connectivity index (χ0n) is 16.8. The SMILES string of the molecule is O=C(O)CCn1cc([C@@H](C(=O)O)N2CCN(c3ccccn3)CC2)c2cc(Br)ccc21. The van der Waals surface area contributed by atoms with Crippen LogP contribution in [0.3, 0.4) is 0 Å². The lowest BCUT2D eigenvalue weighted by atomic mass is 10.0. The molecule has 8 nitrogen and oxygen atoms in total. The van der Waals surface area contributed by atoms with Crippen molar-refractivity contribution in [1.82, 2.24) is 14.5 Å². The van der Waals surface area contributed by atoms with Crippen molar-refractivity contribution in [1.29, 1.82) is 0 Å². The quantitative estimate of drug-likeness (QED) is 0.528. The zero-order chi connectivity index (χ0) is 22.0. The molecule has 3 heterocycles. The maximum absolute atomic E-state index is 12.4. The number of carbonyl (C=O) groups is 2. The lowest BCUT2D eigenvalue weighted by Crippen LogP contribution is -2.49. The molecular weight excluding hydrogens is 464 g/mol. The Labute approximate surface area is 187 Å². The van der Waals surface area contributed by atoms with Crippen LogP contribution in [-0.2, 0) is 16.1 Å². The van der Waals surface area contributed by atoms with Crippen LogP contribution in [0, 0.1) is 0 Å². The molecule has 2 aromatic heterocycles. The maximum atomic E-state index is 12.4. The van der Waals surface area contributed by atoms with Gasteiger partial charge in [0.2, 0.25) is 0 Å². The van der Waals surface area contributed by atoms with Crippen molar-refractivity contribution in [3.63, 3.8) is 0 Å². The largest absolute Gasteiger partial charge is 0.481 e. The van der Waals surface area contributed by atoms with Gasteiger partial charge in [-0.1, -0.05) is 22.0 Å². The summed E-state index contributed by atoms with van der Waals surface area (Å²) in [5.41, 5.74) is 1.51. The van der Waals surface area contributed by atoms with E-state index < -0.39 is 18.0 Å². The number of aromatic nitrogens is 2. The molecule has 162 valence electrons. The minimum absolute atomic E-state index is 0.0280. The fourth-order valence-corrected chi connectivity index (χ4v) is 4.51. The van der Waals surface area contributed by atoms with E-state index in [4.69, 9.17) is 5.11 Å². The summed E-state index contributed by atoms with van der Waals surface area (Å²) in [6.07, 6.45) is 3.52. The third-order valence-corrected chi connectivity index (χ3v) is 6.11. The van der Waals surface area contributed by atoms with Gasteiger partial charge in [-0.15, -0.1) is 0 Å². The van der Waals surface area contributed by atoms with Crippen molar-refractivity contribution in [3.8, 4) is 0 Å². The smallest absolute Gasteiger partial charge is 0.325 e. The van der Waals surface area contributed by atoms with E-state index >= 15 is 0 Å². The van der Waals surface area contributed by atoms with Gasteiger partial charge in [0.1, 0.15) is 11.9 Å². The minimum atomic E-state index is -0.913. The number of benzene rings is 1.